The summed E-state index contributed by atoms with van der Waals surface area (Å²) in [6, 6.07) is 5.66. The molecular weight excluding hydrogens is 494 g/mol. The Kier molecular flexibility index (Phi) is 5.88. The number of halogens is 1. The van der Waals surface area contributed by atoms with E-state index in [0.29, 0.717) is 23.0 Å². The molecule has 1 aliphatic carbocycles. The van der Waals surface area contributed by atoms with Gasteiger partial charge in [0, 0.05) is 35.4 Å². The normalized spacial score (nSPS) is 13.4. The van der Waals surface area contributed by atoms with Gasteiger partial charge in [-0.2, -0.15) is 5.10 Å². The summed E-state index contributed by atoms with van der Waals surface area (Å²) in [5, 5.41) is 7.84. The second-order valence-corrected chi connectivity index (χ2v) is 9.66. The molecule has 0 saturated heterocycles. The van der Waals surface area contributed by atoms with Crippen molar-refractivity contribution in [3.05, 3.63) is 88.6 Å². The van der Waals surface area contributed by atoms with E-state index in [1.165, 1.54) is 18.9 Å². The van der Waals surface area contributed by atoms with Gasteiger partial charge in [-0.3, -0.25) is 14.3 Å². The third kappa shape index (κ3) is 4.79. The van der Waals surface area contributed by atoms with Gasteiger partial charge in [-0.15, -0.1) is 0 Å². The number of pyridine rings is 2. The van der Waals surface area contributed by atoms with Crippen LogP contribution in [0.25, 0.3) is 11.2 Å². The van der Waals surface area contributed by atoms with Gasteiger partial charge in [-0.25, -0.2) is 9.97 Å². The van der Waals surface area contributed by atoms with Crippen LogP contribution >= 0.6 is 11.6 Å². The number of ether oxygens (including phenoxy) is 1. The highest BCUT2D eigenvalue weighted by Gasteiger charge is 2.25. The quantitative estimate of drug-likeness (QED) is 0.316. The molecule has 0 atom stereocenters. The Morgan fingerprint density at radius 3 is 2.86 bits per heavy atom. The molecule has 0 radical (unpaired) electrons. The molecule has 6 rings (SSSR count). The zero-order valence-electron chi connectivity index (χ0n) is 20.1. The molecule has 188 valence electrons. The molecule has 0 bridgehead atoms. The van der Waals surface area contributed by atoms with Crippen LogP contribution in [0.3, 0.4) is 0 Å². The van der Waals surface area contributed by atoms with Gasteiger partial charge in [0.2, 0.25) is 0 Å². The Bertz CT molecular complexity index is 1650. The van der Waals surface area contributed by atoms with Crippen molar-refractivity contribution >= 4 is 34.6 Å². The van der Waals surface area contributed by atoms with E-state index in [4.69, 9.17) is 21.3 Å². The maximum atomic E-state index is 12.7. The van der Waals surface area contributed by atoms with Crippen molar-refractivity contribution in [1.29, 1.82) is 0 Å². The molecule has 0 aliphatic heterocycles. The number of hydrogen-bond donors (Lipinski definition) is 1. The predicted molar refractivity (Wildman–Crippen MR) is 136 cm³/mol. The summed E-state index contributed by atoms with van der Waals surface area (Å²) >= 11 is 6.10. The molecule has 1 aliphatic rings. The first-order chi connectivity index (χ1) is 18.0. The lowest BCUT2D eigenvalue weighted by atomic mass is 10.1. The summed E-state index contributed by atoms with van der Waals surface area (Å²) in [4.78, 5) is 33.8. The first-order valence-corrected chi connectivity index (χ1v) is 12.3. The SMILES string of the molecule is COC(=O)Cc1cc(C2CC2)cn2cc(Cn3cc(C(=O)NCc4ncn5ccc(Cl)cc45)cn3)nc12. The van der Waals surface area contributed by atoms with E-state index in [2.05, 4.69) is 27.7 Å². The molecule has 1 amide bonds. The van der Waals surface area contributed by atoms with Crippen LogP contribution in [0.15, 0.2) is 55.5 Å². The molecular formula is C26H24ClN7O3. The second-order valence-electron chi connectivity index (χ2n) is 9.23. The number of amides is 1. The van der Waals surface area contributed by atoms with Crippen LogP contribution in [0.5, 0.6) is 0 Å². The molecule has 10 nitrogen and oxygen atoms in total. The average molecular weight is 518 g/mol. The van der Waals surface area contributed by atoms with Crippen LogP contribution < -0.4 is 5.32 Å². The zero-order valence-corrected chi connectivity index (χ0v) is 20.9. The average Bonchev–Trinajstić information content (AvgIpc) is 3.30. The van der Waals surface area contributed by atoms with Crippen molar-refractivity contribution in [3.8, 4) is 0 Å². The Morgan fingerprint density at radius 1 is 1.19 bits per heavy atom. The number of carbonyl (C=O) groups is 2. The van der Waals surface area contributed by atoms with E-state index in [0.717, 1.165) is 41.0 Å². The number of nitrogens with zero attached hydrogens (tertiary/aromatic N) is 6. The minimum absolute atomic E-state index is 0.168. The Labute approximate surface area is 216 Å². The van der Waals surface area contributed by atoms with Crippen molar-refractivity contribution in [2.75, 3.05) is 7.11 Å². The van der Waals surface area contributed by atoms with Crippen LogP contribution in [0.1, 0.15) is 51.6 Å². The van der Waals surface area contributed by atoms with Gasteiger partial charge < -0.3 is 18.9 Å². The van der Waals surface area contributed by atoms with Gasteiger partial charge in [0.05, 0.1) is 61.6 Å². The van der Waals surface area contributed by atoms with Gasteiger partial charge in [0.1, 0.15) is 5.65 Å². The number of nitrogens with one attached hydrogen (secondary N) is 1. The smallest absolute Gasteiger partial charge is 0.310 e. The summed E-state index contributed by atoms with van der Waals surface area (Å²) < 4.78 is 10.4. The van der Waals surface area contributed by atoms with Gasteiger partial charge in [0.25, 0.3) is 5.91 Å². The van der Waals surface area contributed by atoms with Crippen LogP contribution in [0.4, 0.5) is 0 Å². The number of hydrogen-bond acceptors (Lipinski definition) is 6. The minimum Gasteiger partial charge on any atom is -0.469 e. The molecule has 0 unspecified atom stereocenters. The highest BCUT2D eigenvalue weighted by molar-refractivity contribution is 6.30. The monoisotopic (exact) mass is 517 g/mol. The minimum atomic E-state index is -0.297. The predicted octanol–water partition coefficient (Wildman–Crippen LogP) is 3.40. The number of fused-ring (bicyclic) bond motifs is 2. The second kappa shape index (κ2) is 9.36. The number of rotatable bonds is 8. The summed E-state index contributed by atoms with van der Waals surface area (Å²) in [5.41, 5.74) is 5.55. The van der Waals surface area contributed by atoms with Crippen LogP contribution in [0.2, 0.25) is 5.02 Å². The molecule has 11 heteroatoms. The van der Waals surface area contributed by atoms with Gasteiger partial charge in [-0.1, -0.05) is 11.6 Å². The van der Waals surface area contributed by atoms with E-state index in [1.807, 2.05) is 27.3 Å². The number of methoxy groups -OCH3 is 1. The third-order valence-electron chi connectivity index (χ3n) is 6.53. The highest BCUT2D eigenvalue weighted by Crippen LogP contribution is 2.40. The maximum Gasteiger partial charge on any atom is 0.310 e. The fourth-order valence-electron chi connectivity index (χ4n) is 4.47. The lowest BCUT2D eigenvalue weighted by Crippen LogP contribution is -2.22. The van der Waals surface area contributed by atoms with Gasteiger partial charge in [0.15, 0.2) is 0 Å². The molecule has 37 heavy (non-hydrogen) atoms. The summed E-state index contributed by atoms with van der Waals surface area (Å²) in [6.07, 6.45) is 13.2. The van der Waals surface area contributed by atoms with Crippen LogP contribution in [0, 0.1) is 0 Å². The largest absolute Gasteiger partial charge is 0.469 e. The first-order valence-electron chi connectivity index (χ1n) is 12.0. The van der Waals surface area contributed by atoms with Crippen molar-refractivity contribution in [2.24, 2.45) is 0 Å². The maximum absolute atomic E-state index is 12.7. The Balaban J connectivity index is 1.17. The van der Waals surface area contributed by atoms with Crippen molar-refractivity contribution in [3.63, 3.8) is 0 Å². The molecule has 1 fully saturated rings. The topological polar surface area (TPSA) is 108 Å². The molecule has 5 aromatic rings. The van der Waals surface area contributed by atoms with Gasteiger partial charge in [-0.05, 0) is 42.5 Å². The third-order valence-corrected chi connectivity index (χ3v) is 6.76. The Hall–Kier alpha value is -4.18. The van der Waals surface area contributed by atoms with Crippen LogP contribution in [-0.4, -0.2) is 47.5 Å². The van der Waals surface area contributed by atoms with E-state index in [9.17, 15) is 9.59 Å². The number of aromatic nitrogens is 6. The zero-order chi connectivity index (χ0) is 25.5. The van der Waals surface area contributed by atoms with Gasteiger partial charge >= 0.3 is 5.97 Å². The van der Waals surface area contributed by atoms with E-state index in [1.54, 1.807) is 23.3 Å². The highest BCUT2D eigenvalue weighted by atomic mass is 35.5. The van der Waals surface area contributed by atoms with E-state index in [-0.39, 0.29) is 24.8 Å². The fraction of sp³-hybridized carbons (Fsp3) is 0.269. The standard InChI is InChI=1S/C26H24ClN7O3/c1-37-24(35)7-17-6-18(16-2-3-16)11-33-13-21(31-25(17)33)14-34-12-19(9-30-34)26(36)28-10-22-23-8-20(27)4-5-32(23)15-29-22/h4-6,8-9,11-13,15-16H,2-3,7,10,14H2,1H3,(H,28,36). The van der Waals surface area contributed by atoms with E-state index < -0.39 is 0 Å². The Morgan fingerprint density at radius 2 is 2.05 bits per heavy atom. The molecule has 1 saturated carbocycles. The van der Waals surface area contributed by atoms with Crippen molar-refractivity contribution in [1.82, 2.24) is 33.9 Å². The summed E-state index contributed by atoms with van der Waals surface area (Å²) in [5.74, 6) is -0.0105. The van der Waals surface area contributed by atoms with Crippen molar-refractivity contribution in [2.45, 2.75) is 38.3 Å². The molecule has 5 aromatic heterocycles. The van der Waals surface area contributed by atoms with Crippen molar-refractivity contribution < 1.29 is 14.3 Å². The molecule has 0 aromatic carbocycles. The van der Waals surface area contributed by atoms with E-state index >= 15 is 0 Å². The summed E-state index contributed by atoms with van der Waals surface area (Å²) in [7, 11) is 1.39. The lowest BCUT2D eigenvalue weighted by molar-refractivity contribution is -0.139. The number of imidazole rings is 2. The lowest BCUT2D eigenvalue weighted by Gasteiger charge is -2.06. The molecule has 0 spiro atoms. The van der Waals surface area contributed by atoms with Crippen LogP contribution in [-0.2, 0) is 29.0 Å². The number of esters is 1. The summed E-state index contributed by atoms with van der Waals surface area (Å²) in [6.45, 7) is 0.648. The number of carbonyl (C=O) groups excluding carboxylic acids is 2. The molecule has 1 N–H and O–H groups in total. The molecule has 5 heterocycles. The fourth-order valence-corrected chi connectivity index (χ4v) is 4.63. The first kappa shape index (κ1) is 23.2.